The van der Waals surface area contributed by atoms with Crippen LogP contribution in [-0.2, 0) is 9.53 Å². The first kappa shape index (κ1) is 24.5. The number of rotatable bonds is 7. The Balaban J connectivity index is 1.51. The van der Waals surface area contributed by atoms with E-state index in [1.807, 2.05) is 19.1 Å². The first-order valence-corrected chi connectivity index (χ1v) is 10.9. The van der Waals surface area contributed by atoms with Crippen LogP contribution in [0.3, 0.4) is 0 Å². The normalized spacial score (nSPS) is 14.5. The number of amides is 1. The van der Waals surface area contributed by atoms with E-state index in [0.29, 0.717) is 40.0 Å². The highest BCUT2D eigenvalue weighted by molar-refractivity contribution is 5.96. The molecular formula is C26H25N3O7. The van der Waals surface area contributed by atoms with Gasteiger partial charge in [0, 0.05) is 24.4 Å². The summed E-state index contributed by atoms with van der Waals surface area (Å²) in [6.45, 7) is 3.28. The molecule has 0 unspecified atom stereocenters. The monoisotopic (exact) mass is 491 g/mol. The molecule has 1 aliphatic rings. The summed E-state index contributed by atoms with van der Waals surface area (Å²) in [7, 11) is 4.41. The predicted molar refractivity (Wildman–Crippen MR) is 129 cm³/mol. The lowest BCUT2D eigenvalue weighted by atomic mass is 10.1. The van der Waals surface area contributed by atoms with E-state index in [2.05, 4.69) is 10.1 Å². The molecule has 2 aromatic carbocycles. The van der Waals surface area contributed by atoms with Crippen molar-refractivity contribution in [3.63, 3.8) is 0 Å². The predicted octanol–water partition coefficient (Wildman–Crippen LogP) is 3.87. The van der Waals surface area contributed by atoms with Crippen molar-refractivity contribution in [2.75, 3.05) is 21.3 Å². The summed E-state index contributed by atoms with van der Waals surface area (Å²) in [5.41, 5.74) is 2.39. The van der Waals surface area contributed by atoms with Crippen LogP contribution in [-0.4, -0.2) is 49.1 Å². The van der Waals surface area contributed by atoms with E-state index in [9.17, 15) is 9.59 Å². The number of hydrogen-bond donors (Lipinski definition) is 0. The van der Waals surface area contributed by atoms with Crippen LogP contribution in [0.4, 0.5) is 0 Å². The number of esters is 1. The molecule has 0 bridgehead atoms. The Bertz CT molecular complexity index is 1280. The fourth-order valence-electron chi connectivity index (χ4n) is 3.56. The van der Waals surface area contributed by atoms with Crippen molar-refractivity contribution in [2.45, 2.75) is 20.1 Å². The molecular weight excluding hydrogens is 466 g/mol. The fourth-order valence-corrected chi connectivity index (χ4v) is 3.56. The molecule has 2 heterocycles. The maximum atomic E-state index is 12.8. The van der Waals surface area contributed by atoms with Gasteiger partial charge in [-0.3, -0.25) is 9.78 Å². The lowest BCUT2D eigenvalue weighted by Crippen LogP contribution is -2.25. The first-order chi connectivity index (χ1) is 17.3. The number of ether oxygens (including phenoxy) is 5. The Hall–Kier alpha value is -4.60. The second kappa shape index (κ2) is 10.3. The molecule has 1 aliphatic heterocycles. The number of hydrogen-bond acceptors (Lipinski definition) is 9. The van der Waals surface area contributed by atoms with Crippen LogP contribution in [0, 0.1) is 6.92 Å². The van der Waals surface area contributed by atoms with E-state index in [4.69, 9.17) is 23.7 Å². The SMILES string of the molecule is COc1cc(C(=O)Oc2ccc([C@@H]3OC(c4ccc(C)nc4)=NN3C(C)=O)cc2)cc(OC)c1OC. The first-order valence-electron chi connectivity index (χ1n) is 10.9. The molecule has 1 aromatic heterocycles. The van der Waals surface area contributed by atoms with Crippen molar-refractivity contribution in [1.29, 1.82) is 0 Å². The average Bonchev–Trinajstić information content (AvgIpc) is 3.34. The zero-order valence-electron chi connectivity index (χ0n) is 20.5. The lowest BCUT2D eigenvalue weighted by molar-refractivity contribution is -0.135. The minimum Gasteiger partial charge on any atom is -0.493 e. The molecule has 3 aromatic rings. The van der Waals surface area contributed by atoms with Crippen LogP contribution in [0.5, 0.6) is 23.0 Å². The highest BCUT2D eigenvalue weighted by atomic mass is 16.5. The Kier molecular flexibility index (Phi) is 7.05. The maximum absolute atomic E-state index is 12.8. The number of carbonyl (C=O) groups excluding carboxylic acids is 2. The topological polar surface area (TPSA) is 109 Å². The second-order valence-electron chi connectivity index (χ2n) is 7.80. The number of hydrazone groups is 1. The number of methoxy groups -OCH3 is 3. The van der Waals surface area contributed by atoms with Crippen molar-refractivity contribution in [3.8, 4) is 23.0 Å². The molecule has 4 rings (SSSR count). The van der Waals surface area contributed by atoms with E-state index >= 15 is 0 Å². The quantitative estimate of drug-likeness (QED) is 0.362. The van der Waals surface area contributed by atoms with Crippen LogP contribution in [0.2, 0.25) is 0 Å². The Morgan fingerprint density at radius 2 is 1.61 bits per heavy atom. The van der Waals surface area contributed by atoms with Crippen LogP contribution in [0.25, 0.3) is 0 Å². The Morgan fingerprint density at radius 1 is 0.944 bits per heavy atom. The number of pyridine rings is 1. The Morgan fingerprint density at radius 3 is 2.14 bits per heavy atom. The molecule has 0 aliphatic carbocycles. The molecule has 186 valence electrons. The van der Waals surface area contributed by atoms with Crippen molar-refractivity contribution in [3.05, 3.63) is 77.1 Å². The number of benzene rings is 2. The summed E-state index contributed by atoms with van der Waals surface area (Å²) in [5, 5.41) is 5.58. The van der Waals surface area contributed by atoms with Crippen LogP contribution in [0.1, 0.15) is 40.3 Å². The molecule has 0 spiro atoms. The van der Waals surface area contributed by atoms with Crippen LogP contribution < -0.4 is 18.9 Å². The van der Waals surface area contributed by atoms with Gasteiger partial charge in [0.1, 0.15) is 5.75 Å². The van der Waals surface area contributed by atoms with Gasteiger partial charge in [-0.2, -0.15) is 5.01 Å². The third-order valence-corrected chi connectivity index (χ3v) is 5.40. The largest absolute Gasteiger partial charge is 0.493 e. The molecule has 1 amide bonds. The van der Waals surface area contributed by atoms with Crippen LogP contribution >= 0.6 is 0 Å². The minimum absolute atomic E-state index is 0.222. The molecule has 10 nitrogen and oxygen atoms in total. The van der Waals surface area contributed by atoms with Crippen LogP contribution in [0.15, 0.2) is 59.8 Å². The third kappa shape index (κ3) is 4.92. The summed E-state index contributed by atoms with van der Waals surface area (Å²) in [6.07, 6.45) is 0.874. The van der Waals surface area contributed by atoms with Gasteiger partial charge < -0.3 is 23.7 Å². The Labute approximate surface area is 208 Å². The number of carbonyl (C=O) groups is 2. The molecule has 36 heavy (non-hydrogen) atoms. The van der Waals surface area contributed by atoms with E-state index in [0.717, 1.165) is 5.69 Å². The molecule has 0 radical (unpaired) electrons. The second-order valence-corrected chi connectivity index (χ2v) is 7.80. The standard InChI is InChI=1S/C26H25N3O7/c1-15-6-7-18(14-27-15)24-28-29(16(2)30)25(36-24)17-8-10-20(11-9-17)35-26(31)19-12-21(32-3)23(34-5)22(13-19)33-4/h6-14,25H,1-5H3/t25-/m0/s1. The number of aromatic nitrogens is 1. The summed E-state index contributed by atoms with van der Waals surface area (Å²) < 4.78 is 27.4. The lowest BCUT2D eigenvalue weighted by Gasteiger charge is -2.19. The molecule has 0 N–H and O–H groups in total. The smallest absolute Gasteiger partial charge is 0.343 e. The van der Waals surface area contributed by atoms with Crippen molar-refractivity contribution in [2.24, 2.45) is 5.10 Å². The fraction of sp³-hybridized carbons (Fsp3) is 0.231. The van der Waals surface area contributed by atoms with Gasteiger partial charge in [-0.25, -0.2) is 4.79 Å². The maximum Gasteiger partial charge on any atom is 0.343 e. The number of aryl methyl sites for hydroxylation is 1. The molecule has 0 saturated heterocycles. The molecule has 10 heteroatoms. The number of nitrogens with zero attached hydrogens (tertiary/aromatic N) is 3. The van der Waals surface area contributed by atoms with Gasteiger partial charge in [0.15, 0.2) is 11.5 Å². The van der Waals surface area contributed by atoms with Crippen molar-refractivity contribution in [1.82, 2.24) is 9.99 Å². The van der Waals surface area contributed by atoms with Gasteiger partial charge in [0.25, 0.3) is 0 Å². The summed E-state index contributed by atoms with van der Waals surface area (Å²) >= 11 is 0. The molecule has 1 atom stereocenters. The van der Waals surface area contributed by atoms with Gasteiger partial charge in [-0.15, -0.1) is 5.10 Å². The summed E-state index contributed by atoms with van der Waals surface area (Å²) in [6, 6.07) is 13.3. The molecule has 0 saturated carbocycles. The van der Waals surface area contributed by atoms with Gasteiger partial charge in [0.05, 0.1) is 32.5 Å². The van der Waals surface area contributed by atoms with Crippen molar-refractivity contribution >= 4 is 17.8 Å². The summed E-state index contributed by atoms with van der Waals surface area (Å²) in [5.74, 6) is 0.739. The zero-order chi connectivity index (χ0) is 25.8. The van der Waals surface area contributed by atoms with Gasteiger partial charge in [-0.1, -0.05) is 0 Å². The minimum atomic E-state index is -0.765. The van der Waals surface area contributed by atoms with E-state index in [1.54, 1.807) is 30.5 Å². The average molecular weight is 492 g/mol. The highest BCUT2D eigenvalue weighted by Gasteiger charge is 2.33. The van der Waals surface area contributed by atoms with Gasteiger partial charge in [-0.05, 0) is 55.5 Å². The van der Waals surface area contributed by atoms with E-state index < -0.39 is 12.2 Å². The third-order valence-electron chi connectivity index (χ3n) is 5.40. The summed E-state index contributed by atoms with van der Waals surface area (Å²) in [4.78, 5) is 29.2. The zero-order valence-corrected chi connectivity index (χ0v) is 20.5. The van der Waals surface area contributed by atoms with Gasteiger partial charge in [0.2, 0.25) is 23.8 Å². The van der Waals surface area contributed by atoms with E-state index in [-0.39, 0.29) is 11.5 Å². The van der Waals surface area contributed by atoms with E-state index in [1.165, 1.54) is 45.4 Å². The van der Waals surface area contributed by atoms with Crippen molar-refractivity contribution < 1.29 is 33.3 Å². The molecule has 0 fully saturated rings. The van der Waals surface area contributed by atoms with Gasteiger partial charge >= 0.3 is 5.97 Å². The highest BCUT2D eigenvalue weighted by Crippen LogP contribution is 2.38.